The zero-order valence-corrected chi connectivity index (χ0v) is 18.1. The molecule has 10 nitrogen and oxygen atoms in total. The highest BCUT2D eigenvalue weighted by Gasteiger charge is 2.20. The number of nitrogens with zero attached hydrogens (tertiary/aromatic N) is 3. The first kappa shape index (κ1) is 22.8. The Hall–Kier alpha value is -2.53. The van der Waals surface area contributed by atoms with Crippen LogP contribution in [0.25, 0.3) is 6.08 Å². The van der Waals surface area contributed by atoms with E-state index in [2.05, 4.69) is 15.5 Å². The van der Waals surface area contributed by atoms with Gasteiger partial charge in [0.2, 0.25) is 19.3 Å². The average molecular weight is 477 g/mol. The summed E-state index contributed by atoms with van der Waals surface area (Å²) in [4.78, 5) is 12.3. The Bertz CT molecular complexity index is 1230. The van der Waals surface area contributed by atoms with Gasteiger partial charge in [0.15, 0.2) is 5.75 Å². The first-order chi connectivity index (χ1) is 13.4. The standard InChI is InChI=1S/C15H13ClN4O6S3/c1-3-29(24,25)15-20-19-14(27-15)18-13(21)10(8-17)6-9-4-5-12(11(16)7-9)26-28(2,22)23/h4-7H,3H2,1-2H3,(H,18,19,21). The summed E-state index contributed by atoms with van der Waals surface area (Å²) >= 11 is 6.62. The number of carbonyl (C=O) groups is 1. The average Bonchev–Trinajstić information content (AvgIpc) is 3.10. The predicted molar refractivity (Wildman–Crippen MR) is 107 cm³/mol. The maximum Gasteiger partial charge on any atom is 0.306 e. The van der Waals surface area contributed by atoms with Gasteiger partial charge in [-0.2, -0.15) is 13.7 Å². The van der Waals surface area contributed by atoms with Crippen LogP contribution in [0.3, 0.4) is 0 Å². The van der Waals surface area contributed by atoms with Gasteiger partial charge in [-0.3, -0.25) is 10.1 Å². The minimum absolute atomic E-state index is 0.0413. The van der Waals surface area contributed by atoms with Crippen molar-refractivity contribution in [2.45, 2.75) is 11.3 Å². The zero-order chi connectivity index (χ0) is 21.8. The number of anilines is 1. The third-order valence-corrected chi connectivity index (χ3v) is 6.94. The molecule has 0 saturated heterocycles. The molecule has 0 saturated carbocycles. The number of nitrogens with one attached hydrogen (secondary N) is 1. The van der Waals surface area contributed by atoms with Gasteiger partial charge in [-0.1, -0.05) is 35.9 Å². The van der Waals surface area contributed by atoms with Crippen LogP contribution in [-0.4, -0.2) is 44.9 Å². The van der Waals surface area contributed by atoms with Gasteiger partial charge in [0.05, 0.1) is 17.0 Å². The highest BCUT2D eigenvalue weighted by atomic mass is 35.5. The van der Waals surface area contributed by atoms with Crippen LogP contribution in [0, 0.1) is 11.3 Å². The van der Waals surface area contributed by atoms with Crippen molar-refractivity contribution in [3.05, 3.63) is 34.4 Å². The van der Waals surface area contributed by atoms with Crippen molar-refractivity contribution in [3.8, 4) is 11.8 Å². The largest absolute Gasteiger partial charge is 0.381 e. The highest BCUT2D eigenvalue weighted by Crippen LogP contribution is 2.28. The predicted octanol–water partition coefficient (Wildman–Crippen LogP) is 1.87. The van der Waals surface area contributed by atoms with Gasteiger partial charge >= 0.3 is 10.1 Å². The topological polar surface area (TPSA) is 156 Å². The van der Waals surface area contributed by atoms with E-state index < -0.39 is 25.9 Å². The Kier molecular flexibility index (Phi) is 6.96. The Balaban J connectivity index is 2.23. The molecule has 0 unspecified atom stereocenters. The number of halogens is 1. The van der Waals surface area contributed by atoms with Crippen molar-refractivity contribution < 1.29 is 25.8 Å². The van der Waals surface area contributed by atoms with Crippen LogP contribution in [0.1, 0.15) is 12.5 Å². The Morgan fingerprint density at radius 3 is 2.59 bits per heavy atom. The molecule has 0 atom stereocenters. The number of rotatable bonds is 7. The second-order valence-corrected chi connectivity index (χ2v) is 10.8. The summed E-state index contributed by atoms with van der Waals surface area (Å²) < 4.78 is 50.3. The number of carbonyl (C=O) groups excluding carboxylic acids is 1. The normalized spacial score (nSPS) is 12.3. The van der Waals surface area contributed by atoms with Crippen LogP contribution in [-0.2, 0) is 24.7 Å². The fourth-order valence-corrected chi connectivity index (χ4v) is 4.55. The van der Waals surface area contributed by atoms with Crippen LogP contribution in [0.2, 0.25) is 5.02 Å². The number of benzene rings is 1. The minimum atomic E-state index is -3.77. The second-order valence-electron chi connectivity index (χ2n) is 5.38. The fourth-order valence-electron chi connectivity index (χ4n) is 1.83. The van der Waals surface area contributed by atoms with Crippen molar-refractivity contribution in [2.75, 3.05) is 17.3 Å². The minimum Gasteiger partial charge on any atom is -0.381 e. The van der Waals surface area contributed by atoms with Crippen LogP contribution < -0.4 is 9.50 Å². The van der Waals surface area contributed by atoms with Crippen molar-refractivity contribution in [1.82, 2.24) is 10.2 Å². The van der Waals surface area contributed by atoms with Crippen molar-refractivity contribution in [1.29, 1.82) is 5.26 Å². The second kappa shape index (κ2) is 8.87. The van der Waals surface area contributed by atoms with Gasteiger partial charge in [-0.15, -0.1) is 10.2 Å². The van der Waals surface area contributed by atoms with E-state index in [1.807, 2.05) is 0 Å². The van der Waals surface area contributed by atoms with E-state index in [9.17, 15) is 26.9 Å². The molecule has 0 aliphatic rings. The lowest BCUT2D eigenvalue weighted by molar-refractivity contribution is -0.112. The van der Waals surface area contributed by atoms with Gasteiger partial charge < -0.3 is 4.18 Å². The Morgan fingerprint density at radius 2 is 2.03 bits per heavy atom. The van der Waals surface area contributed by atoms with E-state index in [1.165, 1.54) is 31.2 Å². The lowest BCUT2D eigenvalue weighted by Gasteiger charge is -2.06. The van der Waals surface area contributed by atoms with Crippen LogP contribution in [0.5, 0.6) is 5.75 Å². The third-order valence-electron chi connectivity index (χ3n) is 3.15. The van der Waals surface area contributed by atoms with E-state index in [0.717, 1.165) is 6.26 Å². The maximum absolute atomic E-state index is 12.3. The van der Waals surface area contributed by atoms with Gasteiger partial charge in [-0.25, -0.2) is 8.42 Å². The van der Waals surface area contributed by atoms with Crippen molar-refractivity contribution >= 4 is 60.0 Å². The van der Waals surface area contributed by atoms with Gasteiger partial charge in [0, 0.05) is 0 Å². The summed E-state index contributed by atoms with van der Waals surface area (Å²) in [6, 6.07) is 5.69. The molecule has 0 spiro atoms. The van der Waals surface area contributed by atoms with E-state index in [-0.39, 0.29) is 31.6 Å². The monoisotopic (exact) mass is 476 g/mol. The van der Waals surface area contributed by atoms with E-state index in [1.54, 1.807) is 6.07 Å². The Labute approximate surface area is 175 Å². The first-order valence-corrected chi connectivity index (χ1v) is 12.3. The molecule has 1 amide bonds. The summed E-state index contributed by atoms with van der Waals surface area (Å²) in [6.45, 7) is 1.45. The lowest BCUT2D eigenvalue weighted by Crippen LogP contribution is -2.13. The van der Waals surface area contributed by atoms with Crippen molar-refractivity contribution in [3.63, 3.8) is 0 Å². The summed E-state index contributed by atoms with van der Waals surface area (Å²) in [5.41, 5.74) is 0.00186. The third kappa shape index (κ3) is 6.23. The molecule has 1 aromatic carbocycles. The van der Waals surface area contributed by atoms with E-state index in [0.29, 0.717) is 16.9 Å². The molecule has 0 radical (unpaired) electrons. The van der Waals surface area contributed by atoms with Crippen LogP contribution >= 0.6 is 22.9 Å². The number of hydrogen-bond acceptors (Lipinski definition) is 10. The number of nitriles is 1. The molecule has 2 rings (SSSR count). The number of sulfone groups is 1. The van der Waals surface area contributed by atoms with Gasteiger partial charge in [0.25, 0.3) is 5.91 Å². The number of amides is 1. The van der Waals surface area contributed by atoms with Crippen LogP contribution in [0.4, 0.5) is 5.13 Å². The molecule has 1 aromatic heterocycles. The fraction of sp³-hybridized carbons (Fsp3) is 0.200. The summed E-state index contributed by atoms with van der Waals surface area (Å²) in [5.74, 6) is -1.11. The maximum atomic E-state index is 12.3. The molecule has 0 aliphatic carbocycles. The molecule has 29 heavy (non-hydrogen) atoms. The quantitative estimate of drug-likeness (QED) is 0.272. The van der Waals surface area contributed by atoms with E-state index >= 15 is 0 Å². The molecule has 0 aliphatic heterocycles. The first-order valence-electron chi connectivity index (χ1n) is 7.63. The number of aromatic nitrogens is 2. The molecule has 0 fully saturated rings. The summed E-state index contributed by atoms with van der Waals surface area (Å²) in [7, 11) is -7.33. The molecule has 1 heterocycles. The highest BCUT2D eigenvalue weighted by molar-refractivity contribution is 7.93. The lowest BCUT2D eigenvalue weighted by atomic mass is 10.1. The number of hydrogen-bond donors (Lipinski definition) is 1. The van der Waals surface area contributed by atoms with Crippen molar-refractivity contribution in [2.24, 2.45) is 0 Å². The van der Waals surface area contributed by atoms with Gasteiger partial charge in [-0.05, 0) is 23.8 Å². The summed E-state index contributed by atoms with van der Waals surface area (Å²) in [5, 5.41) is 18.5. The van der Waals surface area contributed by atoms with E-state index in [4.69, 9.17) is 15.8 Å². The molecule has 2 aromatic rings. The molecule has 154 valence electrons. The molecular weight excluding hydrogens is 464 g/mol. The van der Waals surface area contributed by atoms with Gasteiger partial charge in [0.1, 0.15) is 11.6 Å². The Morgan fingerprint density at radius 1 is 1.34 bits per heavy atom. The SMILES string of the molecule is CCS(=O)(=O)c1nnc(NC(=O)C(C#N)=Cc2ccc(OS(C)(=O)=O)c(Cl)c2)s1. The molecule has 1 N–H and O–H groups in total. The smallest absolute Gasteiger partial charge is 0.306 e. The summed E-state index contributed by atoms with van der Waals surface area (Å²) in [6.07, 6.45) is 2.07. The zero-order valence-electron chi connectivity index (χ0n) is 14.9. The van der Waals surface area contributed by atoms with Crippen LogP contribution in [0.15, 0.2) is 28.1 Å². The molecular formula is C15H13ClN4O6S3. The molecule has 0 bridgehead atoms. The molecule has 14 heteroatoms.